The molecular weight excluding hydrogens is 318 g/mol. The first-order chi connectivity index (χ1) is 9.10. The minimum Gasteiger partial charge on any atom is -0.488 e. The Balaban J connectivity index is 2.12. The van der Waals surface area contributed by atoms with Gasteiger partial charge in [0.15, 0.2) is 0 Å². The number of hydrogen-bond acceptors (Lipinski definition) is 2. The molecule has 2 nitrogen and oxygen atoms in total. The van der Waals surface area contributed by atoms with Crippen molar-refractivity contribution in [1.82, 2.24) is 0 Å². The molecule has 0 bridgehead atoms. The van der Waals surface area contributed by atoms with Crippen molar-refractivity contribution < 1.29 is 18.3 Å². The number of carbonyl (C=O) groups is 1. The van der Waals surface area contributed by atoms with Gasteiger partial charge in [-0.05, 0) is 46.3 Å². The van der Waals surface area contributed by atoms with E-state index >= 15 is 0 Å². The molecule has 2 aromatic rings. The fraction of sp³-hybridized carbons (Fsp3) is 0.0714. The van der Waals surface area contributed by atoms with E-state index in [0.717, 1.165) is 6.07 Å². The Morgan fingerprint density at radius 1 is 1.16 bits per heavy atom. The number of rotatable bonds is 4. The number of hydrogen-bond donors (Lipinski definition) is 0. The van der Waals surface area contributed by atoms with E-state index in [1.165, 1.54) is 12.1 Å². The summed E-state index contributed by atoms with van der Waals surface area (Å²) in [6, 6.07) is 8.11. The molecule has 0 spiro atoms. The molecule has 0 aliphatic heterocycles. The van der Waals surface area contributed by atoms with E-state index in [9.17, 15) is 13.6 Å². The van der Waals surface area contributed by atoms with Crippen molar-refractivity contribution in [2.24, 2.45) is 0 Å². The normalized spacial score (nSPS) is 10.3. The third-order valence-corrected chi connectivity index (χ3v) is 3.11. The molecule has 0 heterocycles. The van der Waals surface area contributed by atoms with Crippen LogP contribution < -0.4 is 4.74 Å². The predicted octanol–water partition coefficient (Wildman–Crippen LogP) is 4.12. The molecule has 0 aromatic heterocycles. The predicted molar refractivity (Wildman–Crippen MR) is 70.2 cm³/mol. The van der Waals surface area contributed by atoms with Crippen LogP contribution in [0.1, 0.15) is 15.9 Å². The zero-order valence-corrected chi connectivity index (χ0v) is 11.3. The molecule has 2 rings (SSSR count). The average molecular weight is 327 g/mol. The second-order valence-electron chi connectivity index (χ2n) is 3.83. The maximum absolute atomic E-state index is 13.4. The van der Waals surface area contributed by atoms with E-state index in [1.807, 2.05) is 0 Å². The van der Waals surface area contributed by atoms with Gasteiger partial charge in [-0.3, -0.25) is 4.79 Å². The van der Waals surface area contributed by atoms with Crippen LogP contribution in [-0.4, -0.2) is 6.29 Å². The molecule has 19 heavy (non-hydrogen) atoms. The monoisotopic (exact) mass is 326 g/mol. The summed E-state index contributed by atoms with van der Waals surface area (Å²) in [6.07, 6.45) is 0.716. The largest absolute Gasteiger partial charge is 0.488 e. The highest BCUT2D eigenvalue weighted by Crippen LogP contribution is 2.26. The summed E-state index contributed by atoms with van der Waals surface area (Å²) in [7, 11) is 0. The molecule has 0 amide bonds. The van der Waals surface area contributed by atoms with Gasteiger partial charge in [0.1, 0.15) is 30.3 Å². The first-order valence-corrected chi connectivity index (χ1v) is 6.21. The Morgan fingerprint density at radius 3 is 2.58 bits per heavy atom. The molecule has 0 aliphatic rings. The SMILES string of the molecule is O=Cc1ccc(OCc2ccc(F)cc2F)c(Br)c1. The zero-order valence-electron chi connectivity index (χ0n) is 9.70. The van der Waals surface area contributed by atoms with Crippen molar-refractivity contribution in [1.29, 1.82) is 0 Å². The van der Waals surface area contributed by atoms with Crippen LogP contribution in [0, 0.1) is 11.6 Å². The highest BCUT2D eigenvalue weighted by molar-refractivity contribution is 9.10. The van der Waals surface area contributed by atoms with Crippen LogP contribution in [0.3, 0.4) is 0 Å². The van der Waals surface area contributed by atoms with Crippen LogP contribution in [0.25, 0.3) is 0 Å². The summed E-state index contributed by atoms with van der Waals surface area (Å²) in [6.45, 7) is -0.0227. The van der Waals surface area contributed by atoms with Crippen LogP contribution in [0.4, 0.5) is 8.78 Å². The molecule has 0 saturated heterocycles. The standard InChI is InChI=1S/C14H9BrF2O2/c15-12-5-9(7-18)1-4-14(12)19-8-10-2-3-11(16)6-13(10)17/h1-7H,8H2. The molecule has 98 valence electrons. The topological polar surface area (TPSA) is 26.3 Å². The van der Waals surface area contributed by atoms with Gasteiger partial charge in [0.05, 0.1) is 4.47 Å². The van der Waals surface area contributed by atoms with Crippen LogP contribution in [0.5, 0.6) is 5.75 Å². The lowest BCUT2D eigenvalue weighted by Crippen LogP contribution is -1.99. The van der Waals surface area contributed by atoms with Gasteiger partial charge in [0.25, 0.3) is 0 Å². The van der Waals surface area contributed by atoms with Gasteiger partial charge >= 0.3 is 0 Å². The number of halogens is 3. The van der Waals surface area contributed by atoms with Crippen LogP contribution in [0.2, 0.25) is 0 Å². The zero-order chi connectivity index (χ0) is 13.8. The fourth-order valence-electron chi connectivity index (χ4n) is 1.50. The van der Waals surface area contributed by atoms with E-state index < -0.39 is 11.6 Å². The number of ether oxygens (including phenoxy) is 1. The van der Waals surface area contributed by atoms with Gasteiger partial charge < -0.3 is 4.74 Å². The first-order valence-electron chi connectivity index (χ1n) is 5.41. The lowest BCUT2D eigenvalue weighted by atomic mass is 10.2. The van der Waals surface area contributed by atoms with Gasteiger partial charge in [0, 0.05) is 17.2 Å². The van der Waals surface area contributed by atoms with Crippen molar-refractivity contribution >= 4 is 22.2 Å². The second kappa shape index (κ2) is 5.93. The maximum atomic E-state index is 13.4. The van der Waals surface area contributed by atoms with Gasteiger partial charge in [0.2, 0.25) is 0 Å². The Bertz CT molecular complexity index is 614. The van der Waals surface area contributed by atoms with Crippen LogP contribution >= 0.6 is 15.9 Å². The number of carbonyl (C=O) groups excluding carboxylic acids is 1. The van der Waals surface area contributed by atoms with Crippen LogP contribution in [0.15, 0.2) is 40.9 Å². The molecule has 0 saturated carbocycles. The maximum Gasteiger partial charge on any atom is 0.150 e. The second-order valence-corrected chi connectivity index (χ2v) is 4.69. The van der Waals surface area contributed by atoms with Gasteiger partial charge in [-0.25, -0.2) is 8.78 Å². The summed E-state index contributed by atoms with van der Waals surface area (Å²) < 4.78 is 32.1. The Labute approximate surface area is 117 Å². The Kier molecular flexibility index (Phi) is 4.27. The molecule has 0 aliphatic carbocycles. The summed E-state index contributed by atoms with van der Waals surface area (Å²) >= 11 is 3.25. The first kappa shape index (κ1) is 13.7. The third-order valence-electron chi connectivity index (χ3n) is 2.49. The molecule has 0 fully saturated rings. The summed E-state index contributed by atoms with van der Waals surface area (Å²) in [4.78, 5) is 10.6. The summed E-state index contributed by atoms with van der Waals surface area (Å²) in [5, 5.41) is 0. The number of aldehydes is 1. The van der Waals surface area contributed by atoms with E-state index in [0.29, 0.717) is 22.1 Å². The van der Waals surface area contributed by atoms with E-state index in [-0.39, 0.29) is 12.2 Å². The fourth-order valence-corrected chi connectivity index (χ4v) is 2.01. The molecular formula is C14H9BrF2O2. The van der Waals surface area contributed by atoms with E-state index in [4.69, 9.17) is 4.74 Å². The van der Waals surface area contributed by atoms with Crippen LogP contribution in [-0.2, 0) is 6.61 Å². The minimum absolute atomic E-state index is 0.0227. The van der Waals surface area contributed by atoms with Crippen molar-refractivity contribution in [3.63, 3.8) is 0 Å². The number of benzene rings is 2. The highest BCUT2D eigenvalue weighted by atomic mass is 79.9. The molecule has 0 radical (unpaired) electrons. The van der Waals surface area contributed by atoms with Gasteiger partial charge in [-0.2, -0.15) is 0 Å². The van der Waals surface area contributed by atoms with Crippen molar-refractivity contribution in [3.8, 4) is 5.75 Å². The van der Waals surface area contributed by atoms with Crippen molar-refractivity contribution in [2.75, 3.05) is 0 Å². The Morgan fingerprint density at radius 2 is 1.95 bits per heavy atom. The van der Waals surface area contributed by atoms with Crippen molar-refractivity contribution in [2.45, 2.75) is 6.61 Å². The quantitative estimate of drug-likeness (QED) is 0.790. The van der Waals surface area contributed by atoms with Gasteiger partial charge in [-0.1, -0.05) is 0 Å². The van der Waals surface area contributed by atoms with E-state index in [2.05, 4.69) is 15.9 Å². The summed E-state index contributed by atoms with van der Waals surface area (Å²) in [5.41, 5.74) is 0.764. The Hall–Kier alpha value is -1.75. The van der Waals surface area contributed by atoms with E-state index in [1.54, 1.807) is 18.2 Å². The lowest BCUT2D eigenvalue weighted by molar-refractivity contribution is 0.112. The minimum atomic E-state index is -0.652. The summed E-state index contributed by atoms with van der Waals surface area (Å²) in [5.74, 6) is -0.798. The third kappa shape index (κ3) is 3.38. The molecule has 0 unspecified atom stereocenters. The highest BCUT2D eigenvalue weighted by Gasteiger charge is 2.07. The van der Waals surface area contributed by atoms with Gasteiger partial charge in [-0.15, -0.1) is 0 Å². The molecule has 0 atom stereocenters. The van der Waals surface area contributed by atoms with Crippen molar-refractivity contribution in [3.05, 3.63) is 63.6 Å². The molecule has 0 N–H and O–H groups in total. The lowest BCUT2D eigenvalue weighted by Gasteiger charge is -2.09. The average Bonchev–Trinajstić information content (AvgIpc) is 2.39. The smallest absolute Gasteiger partial charge is 0.150 e. The molecule has 2 aromatic carbocycles. The molecule has 5 heteroatoms.